The van der Waals surface area contributed by atoms with E-state index in [4.69, 9.17) is 4.74 Å². The van der Waals surface area contributed by atoms with Crippen molar-refractivity contribution in [2.45, 2.75) is 58.2 Å². The molecular weight excluding hydrogens is 393 g/mol. The molecule has 2 aliphatic rings. The normalized spacial score (nSPS) is 21.3. The molecule has 9 heteroatoms. The fourth-order valence-electron chi connectivity index (χ4n) is 3.17. The molecule has 0 fully saturated rings. The lowest BCUT2D eigenvalue weighted by Crippen LogP contribution is -2.46. The van der Waals surface area contributed by atoms with E-state index in [9.17, 15) is 22.8 Å². The molecule has 1 atom stereocenters. The van der Waals surface area contributed by atoms with E-state index in [1.165, 1.54) is 22.3 Å². The van der Waals surface area contributed by atoms with Crippen molar-refractivity contribution < 1.29 is 27.5 Å². The highest BCUT2D eigenvalue weighted by Crippen LogP contribution is 2.49. The average molecular weight is 418 g/mol. The first-order valence-electron chi connectivity index (χ1n) is 9.09. The molecule has 1 aromatic heterocycles. The molecule has 1 unspecified atom stereocenters. The molecule has 0 radical (unpaired) electrons. The Labute approximate surface area is 166 Å². The highest BCUT2D eigenvalue weighted by Gasteiger charge is 2.52. The number of anilines is 1. The fourth-order valence-corrected chi connectivity index (χ4v) is 4.27. The third-order valence-electron chi connectivity index (χ3n) is 4.32. The van der Waals surface area contributed by atoms with E-state index in [1.54, 1.807) is 38.4 Å². The van der Waals surface area contributed by atoms with Crippen LogP contribution in [-0.2, 0) is 14.9 Å². The van der Waals surface area contributed by atoms with Crippen LogP contribution in [0.25, 0.3) is 0 Å². The zero-order valence-electron chi connectivity index (χ0n) is 16.6. The summed E-state index contributed by atoms with van der Waals surface area (Å²) < 4.78 is 44.0. The highest BCUT2D eigenvalue weighted by molar-refractivity contribution is 7.10. The summed E-state index contributed by atoms with van der Waals surface area (Å²) in [6.07, 6.45) is -1.76. The number of carbonyl (C=O) groups excluding carboxylic acids is 2. The Balaban J connectivity index is 0.00000136. The minimum atomic E-state index is -4.92. The molecule has 2 amide bonds. The number of rotatable bonds is 0. The van der Waals surface area contributed by atoms with E-state index in [-0.39, 0.29) is 6.54 Å². The van der Waals surface area contributed by atoms with Crippen LogP contribution >= 0.6 is 11.3 Å². The Bertz CT molecular complexity index is 767. The average Bonchev–Trinajstić information content (AvgIpc) is 3.18. The zero-order chi connectivity index (χ0) is 21.3. The molecule has 0 saturated carbocycles. The maximum atomic E-state index is 12.9. The van der Waals surface area contributed by atoms with Crippen LogP contribution < -0.4 is 4.90 Å². The van der Waals surface area contributed by atoms with Crippen molar-refractivity contribution in [2.75, 3.05) is 18.0 Å². The Hall–Kier alpha value is -2.03. The largest absolute Gasteiger partial charge is 0.471 e. The van der Waals surface area contributed by atoms with Crippen molar-refractivity contribution in [3.8, 4) is 0 Å². The lowest BCUT2D eigenvalue weighted by molar-refractivity contribution is -0.170. The predicted octanol–water partition coefficient (Wildman–Crippen LogP) is 5.08. The molecule has 1 spiro atoms. The second kappa shape index (κ2) is 7.77. The van der Waals surface area contributed by atoms with Gasteiger partial charge >= 0.3 is 18.2 Å². The van der Waals surface area contributed by atoms with Gasteiger partial charge in [-0.3, -0.25) is 9.69 Å². The molecule has 0 aliphatic carbocycles. The van der Waals surface area contributed by atoms with E-state index >= 15 is 0 Å². The van der Waals surface area contributed by atoms with Crippen LogP contribution in [0.2, 0.25) is 0 Å². The van der Waals surface area contributed by atoms with Crippen molar-refractivity contribution >= 4 is 29.0 Å². The van der Waals surface area contributed by atoms with Crippen molar-refractivity contribution in [1.82, 2.24) is 4.90 Å². The van der Waals surface area contributed by atoms with Crippen LogP contribution in [0.15, 0.2) is 23.7 Å². The molecular formula is C19H25F3N2O3S. The Morgan fingerprint density at radius 2 is 1.86 bits per heavy atom. The molecule has 3 rings (SSSR count). The number of nitrogens with zero attached hydrogens (tertiary/aromatic N) is 2. The van der Waals surface area contributed by atoms with Gasteiger partial charge in [0.2, 0.25) is 0 Å². The summed E-state index contributed by atoms with van der Waals surface area (Å²) in [5.74, 6) is -1.86. The number of hydrogen-bond acceptors (Lipinski definition) is 4. The van der Waals surface area contributed by atoms with Crippen molar-refractivity contribution in [1.29, 1.82) is 0 Å². The maximum absolute atomic E-state index is 12.9. The first-order valence-corrected chi connectivity index (χ1v) is 9.97. The van der Waals surface area contributed by atoms with Crippen molar-refractivity contribution in [2.24, 2.45) is 0 Å². The number of thiophene rings is 1. The standard InChI is InChI=1S/C17H19F3N2O3S.C2H6/c1-15(2,3)25-14(24)21-7-5-16(6-8-21)10-22(13(23)17(18,19)20)11-4-9-26-12(11)16;1-2/h4-5,7,9H,6,8,10H2,1-3H3;1-2H3. The Morgan fingerprint density at radius 1 is 1.21 bits per heavy atom. The monoisotopic (exact) mass is 418 g/mol. The van der Waals surface area contributed by atoms with Gasteiger partial charge in [0.25, 0.3) is 0 Å². The Kier molecular flexibility index (Phi) is 6.18. The fraction of sp³-hybridized carbons (Fsp3) is 0.579. The van der Waals surface area contributed by atoms with Gasteiger partial charge in [0.15, 0.2) is 0 Å². The van der Waals surface area contributed by atoms with Gasteiger partial charge < -0.3 is 9.64 Å². The quantitative estimate of drug-likeness (QED) is 0.591. The van der Waals surface area contributed by atoms with Crippen LogP contribution in [0.1, 0.15) is 45.9 Å². The van der Waals surface area contributed by atoms with Crippen LogP contribution in [0.5, 0.6) is 0 Å². The smallest absolute Gasteiger partial charge is 0.443 e. The van der Waals surface area contributed by atoms with Crippen LogP contribution in [0.4, 0.5) is 23.7 Å². The summed E-state index contributed by atoms with van der Waals surface area (Å²) in [4.78, 5) is 26.8. The Morgan fingerprint density at radius 3 is 2.36 bits per heavy atom. The summed E-state index contributed by atoms with van der Waals surface area (Å²) in [6.45, 7) is 9.50. The predicted molar refractivity (Wildman–Crippen MR) is 102 cm³/mol. The van der Waals surface area contributed by atoms with Gasteiger partial charge in [-0.1, -0.05) is 19.9 Å². The van der Waals surface area contributed by atoms with Gasteiger partial charge in [-0.05, 0) is 38.6 Å². The summed E-state index contributed by atoms with van der Waals surface area (Å²) in [7, 11) is 0. The van der Waals surface area contributed by atoms with Gasteiger partial charge in [0, 0.05) is 29.6 Å². The van der Waals surface area contributed by atoms with Crippen LogP contribution in [0.3, 0.4) is 0 Å². The third kappa shape index (κ3) is 4.34. The number of alkyl halides is 3. The van der Waals surface area contributed by atoms with E-state index in [2.05, 4.69) is 0 Å². The summed E-state index contributed by atoms with van der Waals surface area (Å²) >= 11 is 1.32. The number of halogens is 3. The summed E-state index contributed by atoms with van der Waals surface area (Å²) in [5.41, 5.74) is -1.04. The van der Waals surface area contributed by atoms with E-state index in [0.717, 1.165) is 9.78 Å². The van der Waals surface area contributed by atoms with E-state index < -0.39 is 29.2 Å². The first kappa shape index (κ1) is 22.3. The second-order valence-electron chi connectivity index (χ2n) is 7.42. The topological polar surface area (TPSA) is 49.9 Å². The van der Waals surface area contributed by atoms with Crippen LogP contribution in [0, 0.1) is 0 Å². The molecule has 0 N–H and O–H groups in total. The van der Waals surface area contributed by atoms with Gasteiger partial charge in [0.05, 0.1) is 5.69 Å². The molecule has 28 heavy (non-hydrogen) atoms. The van der Waals surface area contributed by atoms with Gasteiger partial charge in [-0.15, -0.1) is 11.3 Å². The zero-order valence-corrected chi connectivity index (χ0v) is 17.4. The number of amides is 2. The van der Waals surface area contributed by atoms with Gasteiger partial charge in [-0.2, -0.15) is 13.2 Å². The van der Waals surface area contributed by atoms with Crippen molar-refractivity contribution in [3.63, 3.8) is 0 Å². The van der Waals surface area contributed by atoms with E-state index in [1.807, 2.05) is 13.8 Å². The minimum absolute atomic E-state index is 0.0774. The summed E-state index contributed by atoms with van der Waals surface area (Å²) in [6, 6.07) is 1.53. The van der Waals surface area contributed by atoms with Gasteiger partial charge in [-0.25, -0.2) is 4.79 Å². The molecule has 0 bridgehead atoms. The molecule has 3 heterocycles. The molecule has 1 aromatic rings. The molecule has 156 valence electrons. The van der Waals surface area contributed by atoms with E-state index in [0.29, 0.717) is 18.7 Å². The SMILES string of the molecule is CC.CC(C)(C)OC(=O)N1C=CC2(CC1)CN(C(=O)C(F)(F)F)c1ccsc12. The lowest BCUT2D eigenvalue weighted by Gasteiger charge is -2.34. The molecule has 2 aliphatic heterocycles. The van der Waals surface area contributed by atoms with Crippen LogP contribution in [-0.4, -0.2) is 41.8 Å². The van der Waals surface area contributed by atoms with Gasteiger partial charge in [0.1, 0.15) is 5.60 Å². The number of hydrogen-bond donors (Lipinski definition) is 0. The third-order valence-corrected chi connectivity index (χ3v) is 5.44. The summed E-state index contributed by atoms with van der Waals surface area (Å²) in [5, 5.41) is 1.68. The lowest BCUT2D eigenvalue weighted by atomic mass is 9.82. The maximum Gasteiger partial charge on any atom is 0.471 e. The van der Waals surface area contributed by atoms with Crippen molar-refractivity contribution in [3.05, 3.63) is 28.6 Å². The minimum Gasteiger partial charge on any atom is -0.443 e. The number of carbonyl (C=O) groups is 2. The first-order chi connectivity index (χ1) is 12.9. The highest BCUT2D eigenvalue weighted by atomic mass is 32.1. The number of ether oxygens (including phenoxy) is 1. The molecule has 0 aromatic carbocycles. The number of fused-ring (bicyclic) bond motifs is 2. The second-order valence-corrected chi connectivity index (χ2v) is 8.34. The molecule has 5 nitrogen and oxygen atoms in total. The molecule has 0 saturated heterocycles.